The number of hydrogen-bond acceptors (Lipinski definition) is 5. The van der Waals surface area contributed by atoms with E-state index in [1.165, 1.54) is 4.90 Å². The Morgan fingerprint density at radius 2 is 2.26 bits per heavy atom. The molecule has 0 radical (unpaired) electrons. The minimum absolute atomic E-state index is 0.0306. The fraction of sp³-hybridized carbons (Fsp3) is 0.312. The Hall–Kier alpha value is -2.83. The van der Waals surface area contributed by atoms with Crippen LogP contribution >= 0.6 is 0 Å². The van der Waals surface area contributed by atoms with E-state index in [-0.39, 0.29) is 25.4 Å². The van der Waals surface area contributed by atoms with Gasteiger partial charge < -0.3 is 19.3 Å². The summed E-state index contributed by atoms with van der Waals surface area (Å²) in [4.78, 5) is 24.3. The molecule has 3 rings (SSSR count). The van der Waals surface area contributed by atoms with Gasteiger partial charge in [0.15, 0.2) is 5.76 Å². The van der Waals surface area contributed by atoms with Crippen LogP contribution < -0.4 is 4.74 Å². The van der Waals surface area contributed by atoms with Gasteiger partial charge in [0.25, 0.3) is 0 Å². The zero-order valence-electron chi connectivity index (χ0n) is 12.6. The largest absolute Gasteiger partial charge is 0.496 e. The zero-order chi connectivity index (χ0) is 16.4. The number of rotatable bonds is 5. The standard InChI is InChI=1S/C16H16N2O5/c1-22-14-5-3-2-4-12(14)13-7-11(23-17-13)9-18-8-10(16(20)21)6-15(18)19/h2-5,7,10H,6,8-9H2,1H3,(H,20,21). The molecule has 1 saturated heterocycles. The summed E-state index contributed by atoms with van der Waals surface area (Å²) < 4.78 is 10.6. The number of nitrogens with zero attached hydrogens (tertiary/aromatic N) is 2. The van der Waals surface area contributed by atoms with Gasteiger partial charge in [-0.25, -0.2) is 0 Å². The number of methoxy groups -OCH3 is 1. The third-order valence-corrected chi connectivity index (χ3v) is 3.85. The van der Waals surface area contributed by atoms with Crippen molar-refractivity contribution < 1.29 is 24.0 Å². The second-order valence-electron chi connectivity index (χ2n) is 5.39. The Morgan fingerprint density at radius 1 is 1.48 bits per heavy atom. The maximum atomic E-state index is 11.9. The van der Waals surface area contributed by atoms with Crippen molar-refractivity contribution in [3.05, 3.63) is 36.1 Å². The summed E-state index contributed by atoms with van der Waals surface area (Å²) in [6.07, 6.45) is 0.0306. The number of ether oxygens (including phenoxy) is 1. The maximum Gasteiger partial charge on any atom is 0.308 e. The second kappa shape index (κ2) is 6.12. The lowest BCUT2D eigenvalue weighted by Gasteiger charge is -2.13. The molecule has 1 aliphatic rings. The predicted octanol–water partition coefficient (Wildman–Crippen LogP) is 1.78. The predicted molar refractivity (Wildman–Crippen MR) is 79.7 cm³/mol. The summed E-state index contributed by atoms with van der Waals surface area (Å²) >= 11 is 0. The van der Waals surface area contributed by atoms with Crippen molar-refractivity contribution in [2.45, 2.75) is 13.0 Å². The normalized spacial score (nSPS) is 17.5. The van der Waals surface area contributed by atoms with Crippen LogP contribution in [0.3, 0.4) is 0 Å². The number of carboxylic acid groups (broad SMARTS) is 1. The molecule has 1 aliphatic heterocycles. The fourth-order valence-electron chi connectivity index (χ4n) is 2.65. The zero-order valence-corrected chi connectivity index (χ0v) is 12.6. The highest BCUT2D eigenvalue weighted by Crippen LogP contribution is 2.29. The van der Waals surface area contributed by atoms with Gasteiger partial charge in [0.05, 0.1) is 19.6 Å². The molecule has 0 aliphatic carbocycles. The molecule has 1 aromatic heterocycles. The molecule has 1 N–H and O–H groups in total. The Morgan fingerprint density at radius 3 is 2.96 bits per heavy atom. The van der Waals surface area contributed by atoms with E-state index >= 15 is 0 Å². The molecule has 23 heavy (non-hydrogen) atoms. The van der Waals surface area contributed by atoms with Crippen molar-refractivity contribution in [1.82, 2.24) is 10.1 Å². The summed E-state index contributed by atoms with van der Waals surface area (Å²) in [5.41, 5.74) is 1.40. The highest BCUT2D eigenvalue weighted by Gasteiger charge is 2.34. The number of hydrogen-bond donors (Lipinski definition) is 1. The van der Waals surface area contributed by atoms with E-state index in [0.29, 0.717) is 17.2 Å². The summed E-state index contributed by atoms with van der Waals surface area (Å²) in [7, 11) is 1.58. The first-order valence-corrected chi connectivity index (χ1v) is 7.18. The van der Waals surface area contributed by atoms with Crippen molar-refractivity contribution in [1.29, 1.82) is 0 Å². The minimum atomic E-state index is -0.951. The maximum absolute atomic E-state index is 11.9. The molecule has 1 amide bonds. The van der Waals surface area contributed by atoms with Crippen LogP contribution in [0.15, 0.2) is 34.9 Å². The van der Waals surface area contributed by atoms with Crippen LogP contribution in [-0.2, 0) is 16.1 Å². The lowest BCUT2D eigenvalue weighted by molar-refractivity contribution is -0.141. The SMILES string of the molecule is COc1ccccc1-c1cc(CN2CC(C(=O)O)CC2=O)on1. The van der Waals surface area contributed by atoms with Crippen LogP contribution in [0.1, 0.15) is 12.2 Å². The smallest absolute Gasteiger partial charge is 0.308 e. The van der Waals surface area contributed by atoms with Gasteiger partial charge in [-0.3, -0.25) is 9.59 Å². The van der Waals surface area contributed by atoms with E-state index < -0.39 is 11.9 Å². The van der Waals surface area contributed by atoms with Gasteiger partial charge in [0.2, 0.25) is 5.91 Å². The van der Waals surface area contributed by atoms with E-state index in [9.17, 15) is 9.59 Å². The Kier molecular flexibility index (Phi) is 4.01. The molecule has 7 heteroatoms. The molecule has 2 aromatic rings. The van der Waals surface area contributed by atoms with Crippen molar-refractivity contribution in [2.75, 3.05) is 13.7 Å². The highest BCUT2D eigenvalue weighted by molar-refractivity contribution is 5.86. The van der Waals surface area contributed by atoms with Crippen LogP contribution in [-0.4, -0.2) is 40.7 Å². The lowest BCUT2D eigenvalue weighted by atomic mass is 10.1. The fourth-order valence-corrected chi connectivity index (χ4v) is 2.65. The Labute approximate surface area is 132 Å². The van der Waals surface area contributed by atoms with Gasteiger partial charge >= 0.3 is 5.97 Å². The van der Waals surface area contributed by atoms with Gasteiger partial charge in [0, 0.05) is 24.6 Å². The molecule has 0 bridgehead atoms. The molecule has 1 unspecified atom stereocenters. The third-order valence-electron chi connectivity index (χ3n) is 3.85. The molecule has 2 heterocycles. The number of para-hydroxylation sites is 1. The Bertz CT molecular complexity index is 740. The van der Waals surface area contributed by atoms with Crippen molar-refractivity contribution in [3.8, 4) is 17.0 Å². The summed E-state index contributed by atoms with van der Waals surface area (Å²) in [6.45, 7) is 0.406. The van der Waals surface area contributed by atoms with Crippen molar-refractivity contribution in [2.24, 2.45) is 5.92 Å². The average molecular weight is 316 g/mol. The number of carbonyl (C=O) groups excluding carboxylic acids is 1. The molecule has 1 aromatic carbocycles. The van der Waals surface area contributed by atoms with Crippen LogP contribution in [0.2, 0.25) is 0 Å². The van der Waals surface area contributed by atoms with Crippen LogP contribution in [0, 0.1) is 5.92 Å². The van der Waals surface area contributed by atoms with Gasteiger partial charge in [-0.2, -0.15) is 0 Å². The summed E-state index contributed by atoms with van der Waals surface area (Å²) in [5, 5.41) is 13.0. The highest BCUT2D eigenvalue weighted by atomic mass is 16.5. The van der Waals surface area contributed by atoms with Gasteiger partial charge in [-0.1, -0.05) is 17.3 Å². The first-order chi connectivity index (χ1) is 11.1. The van der Waals surface area contributed by atoms with E-state index in [0.717, 1.165) is 5.56 Å². The van der Waals surface area contributed by atoms with Crippen LogP contribution in [0.25, 0.3) is 11.3 Å². The van der Waals surface area contributed by atoms with Gasteiger partial charge in [-0.05, 0) is 12.1 Å². The van der Waals surface area contributed by atoms with Crippen LogP contribution in [0.4, 0.5) is 0 Å². The summed E-state index contributed by atoms with van der Waals surface area (Å²) in [6, 6.07) is 9.15. The van der Waals surface area contributed by atoms with Crippen LogP contribution in [0.5, 0.6) is 5.75 Å². The molecule has 0 saturated carbocycles. The number of aromatic nitrogens is 1. The van der Waals surface area contributed by atoms with Gasteiger partial charge in [0.1, 0.15) is 11.4 Å². The first-order valence-electron chi connectivity index (χ1n) is 7.18. The minimum Gasteiger partial charge on any atom is -0.496 e. The molecule has 7 nitrogen and oxygen atoms in total. The lowest BCUT2D eigenvalue weighted by Crippen LogP contribution is -2.25. The third kappa shape index (κ3) is 3.03. The number of benzene rings is 1. The van der Waals surface area contributed by atoms with E-state index in [1.54, 1.807) is 13.2 Å². The number of amides is 1. The number of aliphatic carboxylic acids is 1. The molecular weight excluding hydrogens is 300 g/mol. The van der Waals surface area contributed by atoms with Gasteiger partial charge in [-0.15, -0.1) is 0 Å². The molecule has 120 valence electrons. The number of carbonyl (C=O) groups is 2. The number of carboxylic acids is 1. The Balaban J connectivity index is 1.75. The van der Waals surface area contributed by atoms with E-state index in [4.69, 9.17) is 14.4 Å². The quantitative estimate of drug-likeness (QED) is 0.904. The van der Waals surface area contributed by atoms with E-state index in [2.05, 4.69) is 5.16 Å². The summed E-state index contributed by atoms with van der Waals surface area (Å²) in [5.74, 6) is -0.610. The van der Waals surface area contributed by atoms with E-state index in [1.807, 2.05) is 24.3 Å². The second-order valence-corrected chi connectivity index (χ2v) is 5.39. The topological polar surface area (TPSA) is 92.9 Å². The molecular formula is C16H16N2O5. The molecule has 1 fully saturated rings. The average Bonchev–Trinajstić information content (AvgIpc) is 3.15. The molecule has 1 atom stereocenters. The van der Waals surface area contributed by atoms with Crippen molar-refractivity contribution in [3.63, 3.8) is 0 Å². The monoisotopic (exact) mass is 316 g/mol. The first kappa shape index (κ1) is 15.1. The molecule has 0 spiro atoms. The van der Waals surface area contributed by atoms with Crippen molar-refractivity contribution >= 4 is 11.9 Å². The number of likely N-dealkylation sites (tertiary alicyclic amines) is 1.